The van der Waals surface area contributed by atoms with Gasteiger partial charge in [0.1, 0.15) is 11.2 Å². The van der Waals surface area contributed by atoms with Gasteiger partial charge in [-0.05, 0) is 79.6 Å². The van der Waals surface area contributed by atoms with Gasteiger partial charge in [-0.1, -0.05) is 0 Å². The molecule has 2 heterocycles. The first-order chi connectivity index (χ1) is 11.2. The van der Waals surface area contributed by atoms with E-state index in [1.54, 1.807) is 0 Å². The molecule has 0 unspecified atom stereocenters. The monoisotopic (exact) mass is 340 g/mol. The van der Waals surface area contributed by atoms with Crippen LogP contribution >= 0.6 is 0 Å². The molecule has 0 atom stereocenters. The van der Waals surface area contributed by atoms with E-state index >= 15 is 0 Å². The van der Waals surface area contributed by atoms with Crippen LogP contribution < -0.4 is 10.6 Å². The number of esters is 2. The second-order valence-electron chi connectivity index (χ2n) is 8.03. The Kier molecular flexibility index (Phi) is 6.26. The van der Waals surface area contributed by atoms with Gasteiger partial charge in [0.25, 0.3) is 0 Å². The van der Waals surface area contributed by atoms with E-state index < -0.39 is 23.1 Å². The van der Waals surface area contributed by atoms with Gasteiger partial charge in [-0.3, -0.25) is 0 Å². The minimum absolute atomic E-state index is 0.257. The molecule has 2 aliphatic rings. The first-order valence-corrected chi connectivity index (χ1v) is 9.10. The van der Waals surface area contributed by atoms with E-state index in [2.05, 4.69) is 10.6 Å². The summed E-state index contributed by atoms with van der Waals surface area (Å²) < 4.78 is 11.0. The van der Waals surface area contributed by atoms with Crippen LogP contribution in [0.15, 0.2) is 0 Å². The molecular weight excluding hydrogens is 308 g/mol. The van der Waals surface area contributed by atoms with E-state index in [0.717, 1.165) is 51.9 Å². The number of carbonyl (C=O) groups is 2. The number of piperidine rings is 2. The van der Waals surface area contributed by atoms with Crippen molar-refractivity contribution in [3.8, 4) is 0 Å². The Hall–Kier alpha value is -1.14. The molecule has 0 aromatic carbocycles. The summed E-state index contributed by atoms with van der Waals surface area (Å²) in [4.78, 5) is 24.5. The molecule has 0 aromatic rings. The van der Waals surface area contributed by atoms with Gasteiger partial charge >= 0.3 is 11.9 Å². The first kappa shape index (κ1) is 19.2. The maximum atomic E-state index is 12.2. The van der Waals surface area contributed by atoms with Crippen LogP contribution in [0.5, 0.6) is 0 Å². The molecule has 0 radical (unpaired) electrons. The molecule has 0 amide bonds. The molecule has 2 N–H and O–H groups in total. The fourth-order valence-electron chi connectivity index (χ4n) is 3.76. The fourth-order valence-corrected chi connectivity index (χ4v) is 3.76. The van der Waals surface area contributed by atoms with Crippen LogP contribution in [0, 0.1) is 11.8 Å². The molecule has 6 heteroatoms. The van der Waals surface area contributed by atoms with E-state index in [-0.39, 0.29) is 11.8 Å². The molecule has 0 saturated carbocycles. The van der Waals surface area contributed by atoms with Gasteiger partial charge in [-0.15, -0.1) is 0 Å². The highest BCUT2D eigenvalue weighted by molar-refractivity contribution is 6.29. The van der Waals surface area contributed by atoms with Crippen molar-refractivity contribution in [1.82, 2.24) is 10.6 Å². The van der Waals surface area contributed by atoms with Crippen molar-refractivity contribution in [1.29, 1.82) is 0 Å². The van der Waals surface area contributed by atoms with Crippen molar-refractivity contribution >= 4 is 11.9 Å². The zero-order valence-electron chi connectivity index (χ0n) is 15.4. The maximum Gasteiger partial charge on any atom is 0.418 e. The lowest BCUT2D eigenvalue weighted by Gasteiger charge is -2.38. The summed E-state index contributed by atoms with van der Waals surface area (Å²) in [5.41, 5.74) is -1.31. The first-order valence-electron chi connectivity index (χ1n) is 9.10. The van der Waals surface area contributed by atoms with Crippen molar-refractivity contribution in [2.24, 2.45) is 11.8 Å². The fraction of sp³-hybridized carbons (Fsp3) is 0.889. The molecule has 2 saturated heterocycles. The predicted molar refractivity (Wildman–Crippen MR) is 91.5 cm³/mol. The zero-order chi connectivity index (χ0) is 17.8. The lowest BCUT2D eigenvalue weighted by atomic mass is 9.83. The average Bonchev–Trinajstić information content (AvgIpc) is 2.55. The molecule has 6 nitrogen and oxygen atoms in total. The molecule has 138 valence electrons. The molecule has 0 aliphatic carbocycles. The molecule has 2 aliphatic heterocycles. The van der Waals surface area contributed by atoms with Crippen LogP contribution in [0.2, 0.25) is 0 Å². The number of ether oxygens (including phenoxy) is 2. The van der Waals surface area contributed by atoms with Crippen LogP contribution in [-0.4, -0.2) is 49.3 Å². The quantitative estimate of drug-likeness (QED) is 0.598. The van der Waals surface area contributed by atoms with E-state index in [1.807, 2.05) is 27.7 Å². The molecule has 0 bridgehead atoms. The Morgan fingerprint density at radius 2 is 1.00 bits per heavy atom. The second kappa shape index (κ2) is 7.83. The van der Waals surface area contributed by atoms with E-state index in [4.69, 9.17) is 9.47 Å². The van der Waals surface area contributed by atoms with Gasteiger partial charge < -0.3 is 20.1 Å². The lowest BCUT2D eigenvalue weighted by Crippen LogP contribution is -2.47. The van der Waals surface area contributed by atoms with E-state index in [9.17, 15) is 9.59 Å². The molecule has 2 fully saturated rings. The number of nitrogens with one attached hydrogen (secondary N) is 2. The molecule has 0 spiro atoms. The number of hydrogen-bond donors (Lipinski definition) is 2. The molecule has 24 heavy (non-hydrogen) atoms. The minimum atomic E-state index is -0.874. The van der Waals surface area contributed by atoms with Crippen LogP contribution in [-0.2, 0) is 19.1 Å². The largest absolute Gasteiger partial charge is 0.451 e. The highest BCUT2D eigenvalue weighted by Gasteiger charge is 2.40. The molecular formula is C18H32N2O4. The number of hydrogen-bond acceptors (Lipinski definition) is 6. The van der Waals surface area contributed by atoms with Crippen molar-refractivity contribution in [2.75, 3.05) is 26.2 Å². The Balaban J connectivity index is 1.89. The van der Waals surface area contributed by atoms with Gasteiger partial charge in [0, 0.05) is 11.8 Å². The van der Waals surface area contributed by atoms with Crippen molar-refractivity contribution in [3.05, 3.63) is 0 Å². The van der Waals surface area contributed by atoms with Gasteiger partial charge in [0.2, 0.25) is 0 Å². The van der Waals surface area contributed by atoms with Gasteiger partial charge in [0.05, 0.1) is 0 Å². The summed E-state index contributed by atoms with van der Waals surface area (Å²) in [6.45, 7) is 11.2. The Morgan fingerprint density at radius 3 is 1.29 bits per heavy atom. The van der Waals surface area contributed by atoms with Gasteiger partial charge in [0.15, 0.2) is 0 Å². The summed E-state index contributed by atoms with van der Waals surface area (Å²) in [6.07, 6.45) is 3.76. The minimum Gasteiger partial charge on any atom is -0.451 e. The normalized spacial score (nSPS) is 21.3. The van der Waals surface area contributed by atoms with Crippen molar-refractivity contribution < 1.29 is 19.1 Å². The average molecular weight is 340 g/mol. The summed E-state index contributed by atoms with van der Waals surface area (Å²) in [5, 5.41) is 6.59. The summed E-state index contributed by atoms with van der Waals surface area (Å²) in [7, 11) is 0. The van der Waals surface area contributed by atoms with Crippen LogP contribution in [0.1, 0.15) is 53.4 Å². The van der Waals surface area contributed by atoms with Crippen LogP contribution in [0.4, 0.5) is 0 Å². The van der Waals surface area contributed by atoms with Gasteiger partial charge in [-0.2, -0.15) is 0 Å². The SMILES string of the molecule is CC(C)(OC(=O)C(=O)OC(C)(C)C1CCNCC1)C1CCNCC1. The highest BCUT2D eigenvalue weighted by Crippen LogP contribution is 2.31. The Morgan fingerprint density at radius 1 is 0.708 bits per heavy atom. The van der Waals surface area contributed by atoms with E-state index in [0.29, 0.717) is 0 Å². The summed E-state index contributed by atoms with van der Waals surface area (Å²) >= 11 is 0. The molecule has 2 rings (SSSR count). The molecule has 0 aromatic heterocycles. The van der Waals surface area contributed by atoms with Crippen LogP contribution in [0.3, 0.4) is 0 Å². The second-order valence-corrected chi connectivity index (χ2v) is 8.03. The van der Waals surface area contributed by atoms with E-state index in [1.165, 1.54) is 0 Å². The lowest BCUT2D eigenvalue weighted by molar-refractivity contribution is -0.189. The van der Waals surface area contributed by atoms with Gasteiger partial charge in [-0.25, -0.2) is 9.59 Å². The Bertz CT molecular complexity index is 408. The third-order valence-electron chi connectivity index (χ3n) is 5.52. The summed E-state index contributed by atoms with van der Waals surface area (Å²) in [5.74, 6) is -1.23. The number of carbonyl (C=O) groups excluding carboxylic acids is 2. The summed E-state index contributed by atoms with van der Waals surface area (Å²) in [6, 6.07) is 0. The highest BCUT2D eigenvalue weighted by atomic mass is 16.6. The predicted octanol–water partition coefficient (Wildman–Crippen LogP) is 1.63. The van der Waals surface area contributed by atoms with Crippen molar-refractivity contribution in [2.45, 2.75) is 64.6 Å². The third kappa shape index (κ3) is 4.93. The van der Waals surface area contributed by atoms with Crippen molar-refractivity contribution in [3.63, 3.8) is 0 Å². The smallest absolute Gasteiger partial charge is 0.418 e. The number of rotatable bonds is 4. The zero-order valence-corrected chi connectivity index (χ0v) is 15.4. The Labute approximate surface area is 145 Å². The third-order valence-corrected chi connectivity index (χ3v) is 5.52. The standard InChI is InChI=1S/C18H32N2O4/c1-17(2,13-5-9-19-10-6-13)23-15(21)16(22)24-18(3,4)14-7-11-20-12-8-14/h13-14,19-20H,5-12H2,1-4H3. The maximum absolute atomic E-state index is 12.2. The topological polar surface area (TPSA) is 76.7 Å². The van der Waals surface area contributed by atoms with Crippen LogP contribution in [0.25, 0.3) is 0 Å².